The number of hydrogen-bond donors (Lipinski definition) is 1. The van der Waals surface area contributed by atoms with Crippen LogP contribution in [0.1, 0.15) is 5.56 Å². The minimum atomic E-state index is -4.47. The normalized spacial score (nSPS) is 11.4. The predicted molar refractivity (Wildman–Crippen MR) is 90.0 cm³/mol. The van der Waals surface area contributed by atoms with E-state index in [2.05, 4.69) is 20.3 Å². The van der Waals surface area contributed by atoms with Crippen LogP contribution in [0.5, 0.6) is 0 Å². The molecule has 2 heterocycles. The van der Waals surface area contributed by atoms with Gasteiger partial charge in [0.25, 0.3) is 0 Å². The van der Waals surface area contributed by atoms with Crippen molar-refractivity contribution >= 4 is 34.7 Å². The first-order valence-electron chi connectivity index (χ1n) is 6.93. The Balaban J connectivity index is 1.92. The molecule has 3 aromatic rings. The van der Waals surface area contributed by atoms with E-state index in [0.29, 0.717) is 5.69 Å². The maximum Gasteiger partial charge on any atom is 0.416 e. The van der Waals surface area contributed by atoms with E-state index in [0.717, 1.165) is 12.1 Å². The van der Waals surface area contributed by atoms with Crippen molar-refractivity contribution in [3.8, 4) is 11.5 Å². The quantitative estimate of drug-likeness (QED) is 0.596. The summed E-state index contributed by atoms with van der Waals surface area (Å²) in [6, 6.07) is 9.65. The first-order valence-corrected chi connectivity index (χ1v) is 7.68. The second-order valence-corrected chi connectivity index (χ2v) is 5.73. The lowest BCUT2D eigenvalue weighted by Gasteiger charge is -2.12. The number of halogens is 5. The fourth-order valence-corrected chi connectivity index (χ4v) is 2.43. The molecule has 0 saturated heterocycles. The van der Waals surface area contributed by atoms with Crippen LogP contribution in [0.2, 0.25) is 10.2 Å². The molecular weight excluding hydrogens is 376 g/mol. The lowest BCUT2D eigenvalue weighted by atomic mass is 10.2. The molecule has 25 heavy (non-hydrogen) atoms. The minimum Gasteiger partial charge on any atom is -0.339 e. The molecule has 0 spiro atoms. The minimum absolute atomic E-state index is 0.0936. The Morgan fingerprint density at radius 3 is 2.40 bits per heavy atom. The van der Waals surface area contributed by atoms with Crippen molar-refractivity contribution < 1.29 is 13.2 Å². The maximum absolute atomic E-state index is 12.7. The molecule has 0 radical (unpaired) electrons. The average Bonchev–Trinajstić information content (AvgIpc) is 2.56. The summed E-state index contributed by atoms with van der Waals surface area (Å²) in [6.07, 6.45) is -2.88. The fraction of sp³-hybridized carbons (Fsp3) is 0.0625. The molecule has 0 aliphatic carbocycles. The fourth-order valence-electron chi connectivity index (χ4n) is 2.02. The molecule has 0 aliphatic heterocycles. The van der Waals surface area contributed by atoms with E-state index in [1.165, 1.54) is 12.1 Å². The number of anilines is 2. The van der Waals surface area contributed by atoms with Gasteiger partial charge >= 0.3 is 6.18 Å². The first-order chi connectivity index (χ1) is 11.8. The van der Waals surface area contributed by atoms with E-state index in [9.17, 15) is 13.2 Å². The van der Waals surface area contributed by atoms with Crippen LogP contribution in [-0.2, 0) is 6.18 Å². The van der Waals surface area contributed by atoms with Crippen LogP contribution >= 0.6 is 23.2 Å². The van der Waals surface area contributed by atoms with Crippen LogP contribution in [0, 0.1) is 0 Å². The van der Waals surface area contributed by atoms with Crippen molar-refractivity contribution in [1.82, 2.24) is 15.0 Å². The third-order valence-corrected chi connectivity index (χ3v) is 3.65. The van der Waals surface area contributed by atoms with Crippen molar-refractivity contribution in [2.75, 3.05) is 5.32 Å². The number of alkyl halides is 3. The summed E-state index contributed by atoms with van der Waals surface area (Å²) >= 11 is 11.9. The zero-order valence-electron chi connectivity index (χ0n) is 12.4. The van der Waals surface area contributed by atoms with Gasteiger partial charge in [0.2, 0.25) is 0 Å². The third-order valence-electron chi connectivity index (χ3n) is 3.15. The van der Waals surface area contributed by atoms with Gasteiger partial charge in [0.05, 0.1) is 16.3 Å². The summed E-state index contributed by atoms with van der Waals surface area (Å²) in [7, 11) is 0. The number of nitrogens with zero attached hydrogens (tertiary/aromatic N) is 3. The molecular formula is C16H9Cl2F3N4. The Kier molecular flexibility index (Phi) is 4.78. The van der Waals surface area contributed by atoms with Crippen molar-refractivity contribution in [3.63, 3.8) is 0 Å². The van der Waals surface area contributed by atoms with Gasteiger partial charge in [-0.25, -0.2) is 9.97 Å². The molecule has 4 nitrogen and oxygen atoms in total. The van der Waals surface area contributed by atoms with Gasteiger partial charge in [0, 0.05) is 12.3 Å². The Bertz CT molecular complexity index is 902. The smallest absolute Gasteiger partial charge is 0.339 e. The number of rotatable bonds is 3. The molecule has 1 aromatic carbocycles. The van der Waals surface area contributed by atoms with Crippen LogP contribution in [0.25, 0.3) is 11.5 Å². The Morgan fingerprint density at radius 2 is 1.76 bits per heavy atom. The maximum atomic E-state index is 12.7. The van der Waals surface area contributed by atoms with Crippen LogP contribution < -0.4 is 5.32 Å². The molecule has 1 N–H and O–H groups in total. The summed E-state index contributed by atoms with van der Waals surface area (Å²) in [6.45, 7) is 0. The summed E-state index contributed by atoms with van der Waals surface area (Å²) in [5.41, 5.74) is -0.0686. The molecule has 0 fully saturated rings. The second-order valence-electron chi connectivity index (χ2n) is 4.93. The van der Waals surface area contributed by atoms with Crippen LogP contribution in [0.15, 0.2) is 48.7 Å². The van der Waals surface area contributed by atoms with Crippen molar-refractivity contribution in [1.29, 1.82) is 0 Å². The largest absolute Gasteiger partial charge is 0.416 e. The van der Waals surface area contributed by atoms with Gasteiger partial charge in [-0.05, 0) is 30.3 Å². The van der Waals surface area contributed by atoms with Crippen LogP contribution in [0.4, 0.5) is 24.7 Å². The van der Waals surface area contributed by atoms with Gasteiger partial charge in [-0.3, -0.25) is 4.98 Å². The van der Waals surface area contributed by atoms with E-state index in [1.54, 1.807) is 24.4 Å². The standard InChI is InChI=1S/C16H9Cl2F3N4/c17-10-7-9(16(19,20)21)4-5-11(10)23-14-8-13(18)24-15(25-14)12-3-1-2-6-22-12/h1-8H,(H,23,24,25). The van der Waals surface area contributed by atoms with E-state index in [4.69, 9.17) is 23.2 Å². The Hall–Kier alpha value is -2.38. The SMILES string of the molecule is FC(F)(F)c1ccc(Nc2cc(Cl)nc(-c3ccccn3)n2)c(Cl)c1. The summed E-state index contributed by atoms with van der Waals surface area (Å²) < 4.78 is 38.1. The summed E-state index contributed by atoms with van der Waals surface area (Å²) in [5, 5.41) is 2.90. The van der Waals surface area contributed by atoms with Gasteiger partial charge in [0.1, 0.15) is 16.7 Å². The molecule has 0 bridgehead atoms. The number of nitrogens with one attached hydrogen (secondary N) is 1. The molecule has 128 valence electrons. The van der Waals surface area contributed by atoms with E-state index in [-0.39, 0.29) is 27.5 Å². The Labute approximate surface area is 150 Å². The van der Waals surface area contributed by atoms with Gasteiger partial charge < -0.3 is 5.32 Å². The number of benzene rings is 1. The highest BCUT2D eigenvalue weighted by atomic mass is 35.5. The molecule has 0 unspecified atom stereocenters. The number of aromatic nitrogens is 3. The van der Waals surface area contributed by atoms with Gasteiger partial charge in [-0.2, -0.15) is 13.2 Å². The monoisotopic (exact) mass is 384 g/mol. The van der Waals surface area contributed by atoms with Gasteiger partial charge in [-0.15, -0.1) is 0 Å². The van der Waals surface area contributed by atoms with Crippen molar-refractivity contribution in [2.24, 2.45) is 0 Å². The molecule has 0 saturated carbocycles. The van der Waals surface area contributed by atoms with Crippen molar-refractivity contribution in [3.05, 3.63) is 64.4 Å². The van der Waals surface area contributed by atoms with E-state index >= 15 is 0 Å². The topological polar surface area (TPSA) is 50.7 Å². The second kappa shape index (κ2) is 6.85. The van der Waals surface area contributed by atoms with Gasteiger partial charge in [-0.1, -0.05) is 29.3 Å². The van der Waals surface area contributed by atoms with Crippen LogP contribution in [-0.4, -0.2) is 15.0 Å². The summed E-state index contributed by atoms with van der Waals surface area (Å²) in [5.74, 6) is 0.556. The molecule has 2 aromatic heterocycles. The number of pyridine rings is 1. The van der Waals surface area contributed by atoms with Crippen LogP contribution in [0.3, 0.4) is 0 Å². The van der Waals surface area contributed by atoms with E-state index < -0.39 is 11.7 Å². The molecule has 0 aliphatic rings. The lowest BCUT2D eigenvalue weighted by molar-refractivity contribution is -0.137. The first kappa shape index (κ1) is 17.4. The van der Waals surface area contributed by atoms with E-state index in [1.807, 2.05) is 0 Å². The zero-order valence-corrected chi connectivity index (χ0v) is 13.9. The molecule has 0 amide bonds. The average molecular weight is 385 g/mol. The highest BCUT2D eigenvalue weighted by Gasteiger charge is 2.30. The zero-order chi connectivity index (χ0) is 18.0. The highest BCUT2D eigenvalue weighted by molar-refractivity contribution is 6.33. The predicted octanol–water partition coefficient (Wildman–Crippen LogP) is 5.61. The third kappa shape index (κ3) is 4.18. The number of hydrogen-bond acceptors (Lipinski definition) is 4. The molecule has 0 atom stereocenters. The molecule has 3 rings (SSSR count). The van der Waals surface area contributed by atoms with Crippen molar-refractivity contribution in [2.45, 2.75) is 6.18 Å². The van der Waals surface area contributed by atoms with Gasteiger partial charge in [0.15, 0.2) is 5.82 Å². The Morgan fingerprint density at radius 1 is 0.960 bits per heavy atom. The molecule has 9 heteroatoms. The summed E-state index contributed by atoms with van der Waals surface area (Å²) in [4.78, 5) is 12.5. The highest BCUT2D eigenvalue weighted by Crippen LogP contribution is 2.34. The lowest BCUT2D eigenvalue weighted by Crippen LogP contribution is -2.05.